The summed E-state index contributed by atoms with van der Waals surface area (Å²) < 4.78 is 5.31. The summed E-state index contributed by atoms with van der Waals surface area (Å²) in [7, 11) is 1.72. The maximum Gasteiger partial charge on any atom is 0.257 e. The first kappa shape index (κ1) is 15.7. The van der Waals surface area contributed by atoms with Crippen LogP contribution in [0.15, 0.2) is 12.4 Å². The summed E-state index contributed by atoms with van der Waals surface area (Å²) in [6.45, 7) is 5.10. The van der Waals surface area contributed by atoms with E-state index in [1.807, 2.05) is 23.6 Å². The van der Waals surface area contributed by atoms with Gasteiger partial charge < -0.3 is 15.0 Å². The Bertz CT molecular complexity index is 531. The quantitative estimate of drug-likeness (QED) is 0.806. The molecular weight excluding hydrogens is 300 g/mol. The van der Waals surface area contributed by atoms with Crippen LogP contribution in [0.3, 0.4) is 0 Å². The molecule has 1 aromatic heterocycles. The Morgan fingerprint density at radius 1 is 1.50 bits per heavy atom. The molecule has 1 amide bonds. The van der Waals surface area contributed by atoms with Crippen molar-refractivity contribution in [2.75, 3.05) is 39.1 Å². The molecule has 120 valence electrons. The van der Waals surface area contributed by atoms with Crippen LogP contribution in [0.4, 0.5) is 0 Å². The monoisotopic (exact) mass is 322 g/mol. The lowest BCUT2D eigenvalue weighted by Crippen LogP contribution is -2.61. The van der Waals surface area contributed by atoms with Crippen LogP contribution < -0.4 is 5.32 Å². The molecule has 1 unspecified atom stereocenters. The molecule has 2 aliphatic rings. The molecule has 0 saturated carbocycles. The molecule has 7 heteroatoms. The molecule has 0 bridgehead atoms. The van der Waals surface area contributed by atoms with Gasteiger partial charge in [-0.3, -0.25) is 4.79 Å². The van der Waals surface area contributed by atoms with Gasteiger partial charge in [0.2, 0.25) is 0 Å². The Kier molecular flexibility index (Phi) is 4.65. The Hall–Kier alpha value is -1.18. The number of likely N-dealkylation sites (tertiary alicyclic amines) is 1. The number of hydrogen-bond acceptors (Lipinski definition) is 6. The molecule has 2 aliphatic heterocycles. The fraction of sp³-hybridized carbons (Fsp3) is 0.667. The molecule has 0 radical (unpaired) electrons. The largest absolute Gasteiger partial charge is 0.383 e. The fourth-order valence-corrected chi connectivity index (χ4v) is 4.64. The molecule has 1 N–H and O–H groups in total. The van der Waals surface area contributed by atoms with Crippen LogP contribution in [0.5, 0.6) is 0 Å². The number of aryl methyl sites for hydroxylation is 1. The van der Waals surface area contributed by atoms with Gasteiger partial charge in [-0.2, -0.15) is 0 Å². The highest BCUT2D eigenvalue weighted by Gasteiger charge is 2.50. The van der Waals surface area contributed by atoms with E-state index in [1.54, 1.807) is 19.5 Å². The van der Waals surface area contributed by atoms with E-state index in [0.717, 1.165) is 38.4 Å². The van der Waals surface area contributed by atoms with Crippen LogP contribution in [0.25, 0.3) is 0 Å². The zero-order chi connectivity index (χ0) is 15.6. The van der Waals surface area contributed by atoms with Crippen molar-refractivity contribution in [3.05, 3.63) is 23.8 Å². The average molecular weight is 322 g/mol. The van der Waals surface area contributed by atoms with Crippen LogP contribution in [-0.4, -0.2) is 70.7 Å². The van der Waals surface area contributed by atoms with Crippen molar-refractivity contribution in [3.8, 4) is 0 Å². The van der Waals surface area contributed by atoms with Crippen molar-refractivity contribution >= 4 is 17.7 Å². The van der Waals surface area contributed by atoms with Crippen molar-refractivity contribution in [3.63, 3.8) is 0 Å². The Balaban J connectivity index is 1.49. The number of nitrogens with zero attached hydrogens (tertiary/aromatic N) is 3. The van der Waals surface area contributed by atoms with Crippen LogP contribution in [-0.2, 0) is 4.74 Å². The highest BCUT2D eigenvalue weighted by molar-refractivity contribution is 8.01. The number of amides is 1. The summed E-state index contributed by atoms with van der Waals surface area (Å²) in [5.74, 6) is 1.84. The molecule has 1 spiro atoms. The van der Waals surface area contributed by atoms with Crippen LogP contribution in [0, 0.1) is 6.92 Å². The van der Waals surface area contributed by atoms with E-state index in [-0.39, 0.29) is 10.7 Å². The minimum Gasteiger partial charge on any atom is -0.383 e. The second-order valence-corrected chi connectivity index (χ2v) is 7.51. The summed E-state index contributed by atoms with van der Waals surface area (Å²) in [4.78, 5) is 22.5. The molecule has 0 aromatic carbocycles. The number of carbonyl (C=O) groups excluding carboxylic acids is 1. The van der Waals surface area contributed by atoms with Crippen LogP contribution >= 0.6 is 11.8 Å². The van der Waals surface area contributed by atoms with Gasteiger partial charge in [-0.25, -0.2) is 9.97 Å². The van der Waals surface area contributed by atoms with Gasteiger partial charge >= 0.3 is 0 Å². The number of carbonyl (C=O) groups is 1. The van der Waals surface area contributed by atoms with E-state index in [2.05, 4.69) is 15.3 Å². The van der Waals surface area contributed by atoms with Crippen LogP contribution in [0.2, 0.25) is 0 Å². The van der Waals surface area contributed by atoms with Gasteiger partial charge in [-0.15, -0.1) is 11.8 Å². The van der Waals surface area contributed by atoms with Gasteiger partial charge in [-0.05, 0) is 13.3 Å². The summed E-state index contributed by atoms with van der Waals surface area (Å²) in [5.41, 5.74) is 0.582. The number of aromatic nitrogens is 2. The predicted molar refractivity (Wildman–Crippen MR) is 86.1 cm³/mol. The number of thioether (sulfide) groups is 1. The third-order valence-corrected chi connectivity index (χ3v) is 5.83. The van der Waals surface area contributed by atoms with Crippen molar-refractivity contribution in [2.45, 2.75) is 24.1 Å². The first-order valence-electron chi connectivity index (χ1n) is 7.56. The molecule has 3 rings (SSSR count). The van der Waals surface area contributed by atoms with Gasteiger partial charge in [0.05, 0.1) is 16.9 Å². The lowest BCUT2D eigenvalue weighted by molar-refractivity contribution is 0.0550. The van der Waals surface area contributed by atoms with Gasteiger partial charge in [0.25, 0.3) is 5.91 Å². The highest BCUT2D eigenvalue weighted by atomic mass is 32.2. The van der Waals surface area contributed by atoms with Crippen molar-refractivity contribution in [2.24, 2.45) is 0 Å². The van der Waals surface area contributed by atoms with E-state index in [0.29, 0.717) is 17.4 Å². The maximum absolute atomic E-state index is 12.4. The molecule has 22 heavy (non-hydrogen) atoms. The van der Waals surface area contributed by atoms with E-state index in [9.17, 15) is 4.79 Å². The topological polar surface area (TPSA) is 67.3 Å². The summed E-state index contributed by atoms with van der Waals surface area (Å²) >= 11 is 1.99. The zero-order valence-electron chi connectivity index (χ0n) is 13.0. The number of hydrogen-bond donors (Lipinski definition) is 1. The maximum atomic E-state index is 12.4. The van der Waals surface area contributed by atoms with Gasteiger partial charge in [0.1, 0.15) is 5.82 Å². The minimum atomic E-state index is 0.0435. The normalized spacial score (nSPS) is 22.8. The number of methoxy groups -OCH3 is 1. The summed E-state index contributed by atoms with van der Waals surface area (Å²) in [6.07, 6.45) is 4.36. The number of nitrogens with one attached hydrogen (secondary N) is 1. The van der Waals surface area contributed by atoms with Crippen molar-refractivity contribution < 1.29 is 9.53 Å². The third-order valence-electron chi connectivity index (χ3n) is 4.22. The molecule has 1 atom stereocenters. The molecule has 0 aliphatic carbocycles. The smallest absolute Gasteiger partial charge is 0.257 e. The molecular formula is C15H22N4O2S. The lowest BCUT2D eigenvalue weighted by Gasteiger charge is -2.47. The summed E-state index contributed by atoms with van der Waals surface area (Å²) in [6, 6.07) is 0.528. The predicted octanol–water partition coefficient (Wildman–Crippen LogP) is 0.721. The number of ether oxygens (including phenoxy) is 1. The zero-order valence-corrected chi connectivity index (χ0v) is 13.9. The van der Waals surface area contributed by atoms with Gasteiger partial charge in [0.15, 0.2) is 0 Å². The van der Waals surface area contributed by atoms with Crippen LogP contribution in [0.1, 0.15) is 22.6 Å². The second kappa shape index (κ2) is 6.52. The first-order valence-corrected chi connectivity index (χ1v) is 8.55. The molecule has 1 aromatic rings. The van der Waals surface area contributed by atoms with E-state index < -0.39 is 0 Å². The molecule has 2 saturated heterocycles. The fourth-order valence-electron chi connectivity index (χ4n) is 3.04. The SMILES string of the molecule is COCCNC1CSC2(C1)CN(C(=O)c1cnc(C)nc1)C2. The minimum absolute atomic E-state index is 0.0435. The first-order chi connectivity index (χ1) is 10.6. The third kappa shape index (κ3) is 3.26. The van der Waals surface area contributed by atoms with E-state index in [4.69, 9.17) is 4.74 Å². The van der Waals surface area contributed by atoms with Gasteiger partial charge in [0, 0.05) is 50.9 Å². The van der Waals surface area contributed by atoms with E-state index >= 15 is 0 Å². The molecule has 3 heterocycles. The van der Waals surface area contributed by atoms with Crippen molar-refractivity contribution in [1.29, 1.82) is 0 Å². The van der Waals surface area contributed by atoms with Crippen molar-refractivity contribution in [1.82, 2.24) is 20.2 Å². The summed E-state index contributed by atoms with van der Waals surface area (Å²) in [5, 5.41) is 3.52. The Morgan fingerprint density at radius 2 is 2.23 bits per heavy atom. The highest BCUT2D eigenvalue weighted by Crippen LogP contribution is 2.45. The molecule has 2 fully saturated rings. The Morgan fingerprint density at radius 3 is 2.91 bits per heavy atom. The van der Waals surface area contributed by atoms with Gasteiger partial charge in [-0.1, -0.05) is 0 Å². The lowest BCUT2D eigenvalue weighted by atomic mass is 9.91. The number of rotatable bonds is 5. The Labute approximate surface area is 135 Å². The second-order valence-electron chi connectivity index (χ2n) is 6.02. The standard InChI is InChI=1S/C15H22N4O2S/c1-11-17-6-12(7-18-11)14(20)19-9-15(10-19)5-13(8-22-15)16-3-4-21-2/h6-7,13,16H,3-5,8-10H2,1-2H3. The molecule has 6 nitrogen and oxygen atoms in total. The van der Waals surface area contributed by atoms with E-state index in [1.165, 1.54) is 0 Å². The average Bonchev–Trinajstić information content (AvgIpc) is 2.91.